The molecule has 3 aromatic carbocycles. The molecular formula is C25H22. The average Bonchev–Trinajstić information content (AvgIpc) is 3.42. The summed E-state index contributed by atoms with van der Waals surface area (Å²) >= 11 is 0. The van der Waals surface area contributed by atoms with Gasteiger partial charge in [-0.15, -0.1) is 5.73 Å². The van der Waals surface area contributed by atoms with Gasteiger partial charge in [0.15, 0.2) is 0 Å². The van der Waals surface area contributed by atoms with Crippen LogP contribution in [0.3, 0.4) is 0 Å². The third-order valence-corrected chi connectivity index (χ3v) is 4.85. The molecule has 0 heteroatoms. The third kappa shape index (κ3) is 3.50. The van der Waals surface area contributed by atoms with Crippen LogP contribution >= 0.6 is 0 Å². The summed E-state index contributed by atoms with van der Waals surface area (Å²) in [6.45, 7) is 4.26. The highest BCUT2D eigenvalue weighted by Crippen LogP contribution is 2.46. The third-order valence-electron chi connectivity index (χ3n) is 4.85. The zero-order valence-corrected chi connectivity index (χ0v) is 14.8. The summed E-state index contributed by atoms with van der Waals surface area (Å²) < 4.78 is 0. The quantitative estimate of drug-likeness (QED) is 0.486. The molecule has 0 aromatic heterocycles. The van der Waals surface area contributed by atoms with Gasteiger partial charge in [-0.25, -0.2) is 0 Å². The fourth-order valence-corrected chi connectivity index (χ4v) is 3.22. The molecule has 1 aliphatic rings. The van der Waals surface area contributed by atoms with E-state index in [-0.39, 0.29) is 0 Å². The van der Waals surface area contributed by atoms with Crippen molar-refractivity contribution in [3.8, 4) is 0 Å². The largest absolute Gasteiger partial charge is 0.112 e. The molecule has 1 aliphatic carbocycles. The van der Waals surface area contributed by atoms with Crippen LogP contribution in [0.15, 0.2) is 90.2 Å². The molecule has 1 saturated carbocycles. The smallest absolute Gasteiger partial charge is 0.0309 e. The van der Waals surface area contributed by atoms with E-state index in [2.05, 4.69) is 98.4 Å². The van der Waals surface area contributed by atoms with Crippen molar-refractivity contribution in [1.29, 1.82) is 0 Å². The average molecular weight is 322 g/mol. The molecule has 3 aromatic rings. The Kier molecular flexibility index (Phi) is 4.14. The minimum absolute atomic E-state index is 0.534. The van der Waals surface area contributed by atoms with Gasteiger partial charge in [0.2, 0.25) is 0 Å². The molecule has 1 unspecified atom stereocenters. The van der Waals surface area contributed by atoms with E-state index in [9.17, 15) is 0 Å². The Morgan fingerprint density at radius 2 is 1.24 bits per heavy atom. The van der Waals surface area contributed by atoms with Gasteiger partial charge in [0.05, 0.1) is 0 Å². The first-order chi connectivity index (χ1) is 12.2. The summed E-state index contributed by atoms with van der Waals surface area (Å²) in [5.41, 5.74) is 12.8. The maximum Gasteiger partial charge on any atom is 0.0309 e. The molecule has 25 heavy (non-hydrogen) atoms. The lowest BCUT2D eigenvalue weighted by atomic mass is 9.97. The summed E-state index contributed by atoms with van der Waals surface area (Å²) in [5, 5.41) is 0. The van der Waals surface area contributed by atoms with Crippen molar-refractivity contribution in [3.05, 3.63) is 118 Å². The predicted octanol–water partition coefficient (Wildman–Crippen LogP) is 6.45. The molecule has 0 radical (unpaired) electrons. The number of benzene rings is 3. The number of hydrogen-bond donors (Lipinski definition) is 0. The Morgan fingerprint density at radius 1 is 0.720 bits per heavy atom. The summed E-state index contributed by atoms with van der Waals surface area (Å²) in [4.78, 5) is 0. The molecule has 0 spiro atoms. The number of allylic oxidation sites excluding steroid dienone is 1. The van der Waals surface area contributed by atoms with E-state index in [0.29, 0.717) is 5.92 Å². The maximum absolute atomic E-state index is 3.74. The van der Waals surface area contributed by atoms with Crippen LogP contribution in [0.25, 0.3) is 5.57 Å². The Bertz CT molecular complexity index is 888. The molecule has 0 heterocycles. The van der Waals surface area contributed by atoms with Gasteiger partial charge in [0.25, 0.3) is 0 Å². The summed E-state index contributed by atoms with van der Waals surface area (Å²) in [6, 6.07) is 28.3. The van der Waals surface area contributed by atoms with Crippen LogP contribution in [0.4, 0.5) is 0 Å². The van der Waals surface area contributed by atoms with Gasteiger partial charge in [0, 0.05) is 11.5 Å². The van der Waals surface area contributed by atoms with E-state index < -0.39 is 0 Å². The molecule has 0 amide bonds. The zero-order chi connectivity index (χ0) is 17.2. The molecule has 1 atom stereocenters. The van der Waals surface area contributed by atoms with Gasteiger partial charge in [-0.3, -0.25) is 0 Å². The van der Waals surface area contributed by atoms with Gasteiger partial charge < -0.3 is 0 Å². The first kappa shape index (κ1) is 15.7. The fourth-order valence-electron chi connectivity index (χ4n) is 3.22. The maximum atomic E-state index is 3.74. The van der Waals surface area contributed by atoms with Crippen molar-refractivity contribution < 1.29 is 0 Å². The molecule has 1 fully saturated rings. The predicted molar refractivity (Wildman–Crippen MR) is 106 cm³/mol. The highest BCUT2D eigenvalue weighted by molar-refractivity contribution is 5.80. The topological polar surface area (TPSA) is 0 Å². The second-order valence-corrected chi connectivity index (χ2v) is 6.92. The van der Waals surface area contributed by atoms with Crippen molar-refractivity contribution in [1.82, 2.24) is 0 Å². The SMILES string of the molecule is Cc1ccc(C(=C=C2CC2c2ccccc2)c2ccc(C)cc2)cc1. The van der Waals surface area contributed by atoms with Crippen molar-refractivity contribution in [2.75, 3.05) is 0 Å². The summed E-state index contributed by atoms with van der Waals surface area (Å²) in [7, 11) is 0. The Hall–Kier alpha value is -2.82. The van der Waals surface area contributed by atoms with E-state index in [0.717, 1.165) is 6.42 Å². The first-order valence-electron chi connectivity index (χ1n) is 8.89. The molecule has 0 saturated heterocycles. The molecule has 4 rings (SSSR count). The monoisotopic (exact) mass is 322 g/mol. The fraction of sp³-hybridized carbons (Fsp3) is 0.160. The van der Waals surface area contributed by atoms with Crippen LogP contribution in [0.1, 0.15) is 40.2 Å². The lowest BCUT2D eigenvalue weighted by molar-refractivity contribution is 1.16. The van der Waals surface area contributed by atoms with Crippen LogP contribution in [-0.4, -0.2) is 0 Å². The van der Waals surface area contributed by atoms with Crippen molar-refractivity contribution in [3.63, 3.8) is 0 Å². The molecule has 0 nitrogen and oxygen atoms in total. The second kappa shape index (κ2) is 6.59. The van der Waals surface area contributed by atoms with Crippen LogP contribution in [0.2, 0.25) is 0 Å². The summed E-state index contributed by atoms with van der Waals surface area (Å²) in [5.74, 6) is 0.534. The van der Waals surface area contributed by atoms with Crippen molar-refractivity contribution in [2.24, 2.45) is 0 Å². The van der Waals surface area contributed by atoms with Crippen molar-refractivity contribution in [2.45, 2.75) is 26.2 Å². The highest BCUT2D eigenvalue weighted by Gasteiger charge is 2.31. The van der Waals surface area contributed by atoms with E-state index in [4.69, 9.17) is 0 Å². The zero-order valence-electron chi connectivity index (χ0n) is 14.8. The normalized spacial score (nSPS) is 15.6. The van der Waals surface area contributed by atoms with Gasteiger partial charge in [-0.1, -0.05) is 90.0 Å². The lowest BCUT2D eigenvalue weighted by Crippen LogP contribution is -1.88. The van der Waals surface area contributed by atoms with Gasteiger partial charge in [0.1, 0.15) is 0 Å². The summed E-state index contributed by atoms with van der Waals surface area (Å²) in [6.07, 6.45) is 1.12. The molecule has 0 N–H and O–H groups in total. The molecule has 0 bridgehead atoms. The molecular weight excluding hydrogens is 300 g/mol. The Labute approximate surface area is 150 Å². The van der Waals surface area contributed by atoms with E-state index in [1.165, 1.54) is 39.0 Å². The minimum atomic E-state index is 0.534. The van der Waals surface area contributed by atoms with Gasteiger partial charge in [-0.2, -0.15) is 0 Å². The van der Waals surface area contributed by atoms with Crippen LogP contribution < -0.4 is 0 Å². The number of aryl methyl sites for hydroxylation is 2. The van der Waals surface area contributed by atoms with Gasteiger partial charge >= 0.3 is 0 Å². The van der Waals surface area contributed by atoms with Gasteiger partial charge in [-0.05, 0) is 42.5 Å². The van der Waals surface area contributed by atoms with Crippen LogP contribution in [0.5, 0.6) is 0 Å². The van der Waals surface area contributed by atoms with E-state index >= 15 is 0 Å². The van der Waals surface area contributed by atoms with Crippen LogP contribution in [-0.2, 0) is 0 Å². The minimum Gasteiger partial charge on any atom is -0.112 e. The van der Waals surface area contributed by atoms with Crippen molar-refractivity contribution >= 4 is 5.57 Å². The Morgan fingerprint density at radius 3 is 1.76 bits per heavy atom. The van der Waals surface area contributed by atoms with E-state index in [1.807, 2.05) is 0 Å². The number of hydrogen-bond acceptors (Lipinski definition) is 0. The standard InChI is InChI=1S/C25H22/c1-18-8-12-21(13-9-18)24(22-14-10-19(2)11-15-22)16-23-17-25(23)20-6-4-3-5-7-20/h3-15,25H,17H2,1-2H3. The lowest BCUT2D eigenvalue weighted by Gasteiger charge is -2.07. The first-order valence-corrected chi connectivity index (χ1v) is 8.89. The second-order valence-electron chi connectivity index (χ2n) is 6.92. The van der Waals surface area contributed by atoms with Crippen LogP contribution in [0, 0.1) is 13.8 Å². The highest BCUT2D eigenvalue weighted by atomic mass is 14.3. The van der Waals surface area contributed by atoms with E-state index in [1.54, 1.807) is 0 Å². The number of rotatable bonds is 3. The Balaban J connectivity index is 1.80. The molecule has 122 valence electrons. The molecule has 0 aliphatic heterocycles.